The molecule has 2 aromatic carbocycles. The van der Waals surface area contributed by atoms with Crippen LogP contribution < -0.4 is 9.62 Å². The number of hydrogen-bond donors (Lipinski definition) is 1. The molecular weight excluding hydrogens is 498 g/mol. The molecule has 2 aromatic rings. The van der Waals surface area contributed by atoms with Crippen molar-refractivity contribution < 1.29 is 18.0 Å². The third-order valence-corrected chi connectivity index (χ3v) is 8.07. The minimum Gasteiger partial charge on any atom is -0.352 e. The van der Waals surface area contributed by atoms with Crippen LogP contribution in [0, 0.1) is 13.8 Å². The Bertz CT molecular complexity index is 1180. The van der Waals surface area contributed by atoms with Crippen molar-refractivity contribution in [3.05, 3.63) is 64.2 Å². The molecule has 1 aliphatic carbocycles. The van der Waals surface area contributed by atoms with E-state index >= 15 is 0 Å². The molecular formula is C27H36ClN3O4S. The molecule has 0 heterocycles. The molecule has 0 spiro atoms. The zero-order valence-electron chi connectivity index (χ0n) is 21.5. The van der Waals surface area contributed by atoms with E-state index in [4.69, 9.17) is 11.6 Å². The van der Waals surface area contributed by atoms with Gasteiger partial charge in [0.2, 0.25) is 21.8 Å². The number of nitrogens with one attached hydrogen (secondary N) is 1. The van der Waals surface area contributed by atoms with Crippen molar-refractivity contribution in [3.63, 3.8) is 0 Å². The summed E-state index contributed by atoms with van der Waals surface area (Å²) in [6.45, 7) is 5.29. The van der Waals surface area contributed by atoms with Crippen LogP contribution in [0.25, 0.3) is 0 Å². The van der Waals surface area contributed by atoms with Crippen LogP contribution in [-0.2, 0) is 26.2 Å². The van der Waals surface area contributed by atoms with Crippen molar-refractivity contribution in [3.8, 4) is 0 Å². The van der Waals surface area contributed by atoms with E-state index in [2.05, 4.69) is 5.32 Å². The average molecular weight is 534 g/mol. The normalized spacial score (nSPS) is 14.9. The smallest absolute Gasteiger partial charge is 0.244 e. The molecule has 2 amide bonds. The molecule has 9 heteroatoms. The Kier molecular flexibility index (Phi) is 9.41. The number of benzene rings is 2. The number of carbonyl (C=O) groups excluding carboxylic acids is 2. The van der Waals surface area contributed by atoms with Crippen molar-refractivity contribution in [1.29, 1.82) is 0 Å². The maximum atomic E-state index is 13.8. The van der Waals surface area contributed by atoms with Gasteiger partial charge < -0.3 is 10.2 Å². The van der Waals surface area contributed by atoms with Crippen LogP contribution >= 0.6 is 11.6 Å². The van der Waals surface area contributed by atoms with E-state index in [-0.39, 0.29) is 18.5 Å². The minimum atomic E-state index is -3.77. The Morgan fingerprint density at radius 2 is 1.69 bits per heavy atom. The molecule has 36 heavy (non-hydrogen) atoms. The zero-order chi connectivity index (χ0) is 26.5. The highest BCUT2D eigenvalue weighted by Gasteiger charge is 2.33. The van der Waals surface area contributed by atoms with Crippen LogP contribution in [0.5, 0.6) is 0 Å². The monoisotopic (exact) mass is 533 g/mol. The lowest BCUT2D eigenvalue weighted by molar-refractivity contribution is -0.140. The number of sulfonamides is 1. The first-order valence-electron chi connectivity index (χ1n) is 12.4. The summed E-state index contributed by atoms with van der Waals surface area (Å²) < 4.78 is 26.7. The van der Waals surface area contributed by atoms with Gasteiger partial charge in [-0.15, -0.1) is 0 Å². The molecule has 196 valence electrons. The van der Waals surface area contributed by atoms with Crippen molar-refractivity contribution in [2.24, 2.45) is 0 Å². The molecule has 0 radical (unpaired) electrons. The van der Waals surface area contributed by atoms with Gasteiger partial charge in [-0.2, -0.15) is 0 Å². The molecule has 0 bridgehead atoms. The second-order valence-corrected chi connectivity index (χ2v) is 12.0. The zero-order valence-corrected chi connectivity index (χ0v) is 23.0. The van der Waals surface area contributed by atoms with Crippen LogP contribution in [0.15, 0.2) is 42.5 Å². The summed E-state index contributed by atoms with van der Waals surface area (Å²) in [5, 5.41) is 3.58. The average Bonchev–Trinajstić information content (AvgIpc) is 3.30. The Morgan fingerprint density at radius 1 is 1.08 bits per heavy atom. The highest BCUT2D eigenvalue weighted by atomic mass is 35.5. The quantitative estimate of drug-likeness (QED) is 0.484. The number of nitrogens with zero attached hydrogens (tertiary/aromatic N) is 2. The van der Waals surface area contributed by atoms with Crippen LogP contribution in [0.4, 0.5) is 5.69 Å². The van der Waals surface area contributed by atoms with Gasteiger partial charge in [0.25, 0.3) is 0 Å². The summed E-state index contributed by atoms with van der Waals surface area (Å²) >= 11 is 6.40. The van der Waals surface area contributed by atoms with E-state index in [1.54, 1.807) is 24.3 Å². The SMILES string of the molecule is CC[C@@H](C(=O)NC1CCCC1)N(Cc1ccccc1Cl)C(=O)CN(c1cc(C)cc(C)c1)S(C)(=O)=O. The molecule has 0 saturated heterocycles. The van der Waals surface area contributed by atoms with E-state index in [0.717, 1.165) is 47.4 Å². The number of anilines is 1. The fraction of sp³-hybridized carbons (Fsp3) is 0.481. The van der Waals surface area contributed by atoms with Gasteiger partial charge in [0.15, 0.2) is 0 Å². The molecule has 1 fully saturated rings. The van der Waals surface area contributed by atoms with E-state index in [1.165, 1.54) is 4.90 Å². The van der Waals surface area contributed by atoms with Gasteiger partial charge >= 0.3 is 0 Å². The first-order valence-corrected chi connectivity index (χ1v) is 14.6. The minimum absolute atomic E-state index is 0.0968. The number of carbonyl (C=O) groups is 2. The summed E-state index contributed by atoms with van der Waals surface area (Å²) in [7, 11) is -3.77. The van der Waals surface area contributed by atoms with Crippen LogP contribution in [0.1, 0.15) is 55.7 Å². The first-order chi connectivity index (χ1) is 17.0. The molecule has 1 aliphatic rings. The number of amides is 2. The van der Waals surface area contributed by atoms with Gasteiger partial charge in [0, 0.05) is 17.6 Å². The number of aryl methyl sites for hydroxylation is 2. The third kappa shape index (κ3) is 7.23. The van der Waals surface area contributed by atoms with Gasteiger partial charge in [-0.25, -0.2) is 8.42 Å². The lowest BCUT2D eigenvalue weighted by Crippen LogP contribution is -2.53. The maximum Gasteiger partial charge on any atom is 0.244 e. The number of rotatable bonds is 10. The molecule has 0 unspecified atom stereocenters. The van der Waals surface area contributed by atoms with Crippen molar-refractivity contribution >= 4 is 39.1 Å². The first kappa shape index (κ1) is 28.0. The van der Waals surface area contributed by atoms with Crippen LogP contribution in [0.3, 0.4) is 0 Å². The largest absolute Gasteiger partial charge is 0.352 e. The second-order valence-electron chi connectivity index (χ2n) is 9.64. The van der Waals surface area contributed by atoms with E-state index in [0.29, 0.717) is 22.7 Å². The van der Waals surface area contributed by atoms with Crippen LogP contribution in [-0.4, -0.2) is 50.0 Å². The Hall–Kier alpha value is -2.58. The molecule has 1 saturated carbocycles. The van der Waals surface area contributed by atoms with E-state index in [9.17, 15) is 18.0 Å². The Morgan fingerprint density at radius 3 is 2.25 bits per heavy atom. The predicted molar refractivity (Wildman–Crippen MR) is 145 cm³/mol. The fourth-order valence-electron chi connectivity index (χ4n) is 4.81. The maximum absolute atomic E-state index is 13.8. The Balaban J connectivity index is 1.95. The summed E-state index contributed by atoms with van der Waals surface area (Å²) in [5.41, 5.74) is 2.89. The van der Waals surface area contributed by atoms with Crippen LogP contribution in [0.2, 0.25) is 5.02 Å². The Labute approximate surface area is 219 Å². The summed E-state index contributed by atoms with van der Waals surface area (Å²) in [6.07, 6.45) is 5.47. The van der Waals surface area contributed by atoms with E-state index in [1.807, 2.05) is 39.0 Å². The number of halogens is 1. The van der Waals surface area contributed by atoms with Gasteiger partial charge in [-0.1, -0.05) is 55.6 Å². The lowest BCUT2D eigenvalue weighted by atomic mass is 10.1. The van der Waals surface area contributed by atoms with Crippen molar-refractivity contribution in [1.82, 2.24) is 10.2 Å². The standard InChI is InChI=1S/C27H36ClN3O4S/c1-5-25(27(33)29-22-11-7-8-12-22)30(17-21-10-6-9-13-24(21)28)26(32)18-31(36(4,34)35)23-15-19(2)14-20(3)16-23/h6,9-10,13-16,22,25H,5,7-8,11-12,17-18H2,1-4H3,(H,29,33)/t25-/m0/s1. The molecule has 7 nitrogen and oxygen atoms in total. The highest BCUT2D eigenvalue weighted by molar-refractivity contribution is 7.92. The molecule has 0 aromatic heterocycles. The van der Waals surface area contributed by atoms with Gasteiger partial charge in [0.1, 0.15) is 12.6 Å². The second kappa shape index (κ2) is 12.1. The lowest BCUT2D eigenvalue weighted by Gasteiger charge is -2.33. The molecule has 1 N–H and O–H groups in total. The molecule has 1 atom stereocenters. The molecule has 0 aliphatic heterocycles. The van der Waals surface area contributed by atoms with Gasteiger partial charge in [-0.3, -0.25) is 13.9 Å². The van der Waals surface area contributed by atoms with E-state index < -0.39 is 28.5 Å². The summed E-state index contributed by atoms with van der Waals surface area (Å²) in [5.74, 6) is -0.685. The fourth-order valence-corrected chi connectivity index (χ4v) is 5.83. The van der Waals surface area contributed by atoms with Gasteiger partial charge in [-0.05, 0) is 68.0 Å². The third-order valence-electron chi connectivity index (χ3n) is 6.56. The summed E-state index contributed by atoms with van der Waals surface area (Å²) in [6, 6.07) is 11.9. The summed E-state index contributed by atoms with van der Waals surface area (Å²) in [4.78, 5) is 28.6. The topological polar surface area (TPSA) is 86.8 Å². The van der Waals surface area contributed by atoms with Crippen molar-refractivity contribution in [2.75, 3.05) is 17.1 Å². The van der Waals surface area contributed by atoms with Gasteiger partial charge in [0.05, 0.1) is 11.9 Å². The van der Waals surface area contributed by atoms with Crippen molar-refractivity contribution in [2.45, 2.75) is 71.5 Å². The molecule has 3 rings (SSSR count). The highest BCUT2D eigenvalue weighted by Crippen LogP contribution is 2.24. The predicted octanol–water partition coefficient (Wildman–Crippen LogP) is 4.59. The number of hydrogen-bond acceptors (Lipinski definition) is 4.